The lowest BCUT2D eigenvalue weighted by Gasteiger charge is -2.22. The third kappa shape index (κ3) is 4.18. The summed E-state index contributed by atoms with van der Waals surface area (Å²) >= 11 is 0. The molecule has 8 aromatic carbocycles. The second-order valence-corrected chi connectivity index (χ2v) is 14.4. The fraction of sp³-hybridized carbons (Fsp3) is 0.0625. The van der Waals surface area contributed by atoms with Crippen LogP contribution in [0.5, 0.6) is 0 Å². The van der Waals surface area contributed by atoms with Gasteiger partial charge in [0.15, 0.2) is 17.5 Å². The molecule has 1 aliphatic carbocycles. The van der Waals surface area contributed by atoms with Gasteiger partial charge in [0.05, 0.1) is 0 Å². The molecule has 11 rings (SSSR count). The van der Waals surface area contributed by atoms with E-state index in [4.69, 9.17) is 19.4 Å². The average molecular weight is 666 g/mol. The maximum atomic E-state index is 6.24. The van der Waals surface area contributed by atoms with Gasteiger partial charge in [-0.1, -0.05) is 135 Å². The molecule has 0 bridgehead atoms. The van der Waals surface area contributed by atoms with Crippen LogP contribution < -0.4 is 0 Å². The molecule has 0 spiro atoms. The van der Waals surface area contributed by atoms with Crippen LogP contribution in [0, 0.1) is 0 Å². The van der Waals surface area contributed by atoms with Crippen LogP contribution >= 0.6 is 0 Å². The van der Waals surface area contributed by atoms with Crippen LogP contribution in [-0.2, 0) is 5.41 Å². The first-order chi connectivity index (χ1) is 25.5. The number of nitrogens with zero attached hydrogens (tertiary/aromatic N) is 3. The molecule has 0 radical (unpaired) electrons. The van der Waals surface area contributed by atoms with Crippen molar-refractivity contribution in [2.45, 2.75) is 19.3 Å². The highest BCUT2D eigenvalue weighted by atomic mass is 16.3. The third-order valence-corrected chi connectivity index (χ3v) is 11.1. The molecule has 0 N–H and O–H groups in total. The van der Waals surface area contributed by atoms with Crippen molar-refractivity contribution in [1.82, 2.24) is 15.0 Å². The summed E-state index contributed by atoms with van der Waals surface area (Å²) in [5.74, 6) is 1.87. The summed E-state index contributed by atoms with van der Waals surface area (Å²) in [6.07, 6.45) is 0. The largest absolute Gasteiger partial charge is 0.456 e. The van der Waals surface area contributed by atoms with Crippen molar-refractivity contribution in [3.05, 3.63) is 163 Å². The predicted molar refractivity (Wildman–Crippen MR) is 213 cm³/mol. The molecule has 0 saturated carbocycles. The first kappa shape index (κ1) is 29.1. The highest BCUT2D eigenvalue weighted by Crippen LogP contribution is 2.50. The van der Waals surface area contributed by atoms with Crippen LogP contribution in [0.15, 0.2) is 156 Å². The lowest BCUT2D eigenvalue weighted by molar-refractivity contribution is 0.661. The van der Waals surface area contributed by atoms with Crippen LogP contribution in [-0.4, -0.2) is 15.0 Å². The zero-order valence-electron chi connectivity index (χ0n) is 28.7. The molecular weight excluding hydrogens is 635 g/mol. The average Bonchev–Trinajstić information content (AvgIpc) is 3.68. The molecule has 0 amide bonds. The summed E-state index contributed by atoms with van der Waals surface area (Å²) in [7, 11) is 0. The molecule has 2 heterocycles. The number of aromatic nitrogens is 3. The minimum absolute atomic E-state index is 0.0407. The zero-order valence-corrected chi connectivity index (χ0v) is 28.7. The van der Waals surface area contributed by atoms with E-state index in [0.717, 1.165) is 44.0 Å². The van der Waals surface area contributed by atoms with Gasteiger partial charge in [-0.3, -0.25) is 0 Å². The van der Waals surface area contributed by atoms with E-state index in [0.29, 0.717) is 17.5 Å². The summed E-state index contributed by atoms with van der Waals surface area (Å²) in [6, 6.07) is 53.7. The minimum Gasteiger partial charge on any atom is -0.456 e. The fourth-order valence-electron chi connectivity index (χ4n) is 8.53. The Morgan fingerprint density at radius 3 is 1.94 bits per heavy atom. The maximum Gasteiger partial charge on any atom is 0.164 e. The Morgan fingerprint density at radius 1 is 0.404 bits per heavy atom. The number of fused-ring (bicyclic) bond motifs is 11. The van der Waals surface area contributed by atoms with Crippen LogP contribution in [0.2, 0.25) is 0 Å². The normalized spacial score (nSPS) is 13.3. The lowest BCUT2D eigenvalue weighted by Crippen LogP contribution is -2.14. The molecule has 0 atom stereocenters. The molecule has 2 aromatic heterocycles. The van der Waals surface area contributed by atoms with E-state index in [1.54, 1.807) is 0 Å². The van der Waals surface area contributed by atoms with E-state index in [1.807, 2.05) is 60.7 Å². The van der Waals surface area contributed by atoms with Gasteiger partial charge in [-0.25, -0.2) is 15.0 Å². The lowest BCUT2D eigenvalue weighted by atomic mass is 9.81. The van der Waals surface area contributed by atoms with Crippen molar-refractivity contribution >= 4 is 54.3 Å². The monoisotopic (exact) mass is 665 g/mol. The Bertz CT molecular complexity index is 3100. The molecule has 1 aliphatic rings. The number of rotatable bonds is 3. The minimum atomic E-state index is -0.0407. The van der Waals surface area contributed by atoms with Gasteiger partial charge < -0.3 is 4.42 Å². The molecule has 0 saturated heterocycles. The summed E-state index contributed by atoms with van der Waals surface area (Å²) < 4.78 is 6.24. The van der Waals surface area contributed by atoms with E-state index >= 15 is 0 Å². The molecule has 0 aliphatic heterocycles. The zero-order chi connectivity index (χ0) is 34.6. The Hall–Kier alpha value is -6.65. The number of para-hydroxylation sites is 1. The van der Waals surface area contributed by atoms with Crippen LogP contribution in [0.1, 0.15) is 25.0 Å². The van der Waals surface area contributed by atoms with E-state index in [1.165, 1.54) is 49.2 Å². The molecule has 244 valence electrons. The maximum absolute atomic E-state index is 6.24. The van der Waals surface area contributed by atoms with Gasteiger partial charge in [0, 0.05) is 32.9 Å². The van der Waals surface area contributed by atoms with Gasteiger partial charge in [0.1, 0.15) is 11.2 Å². The van der Waals surface area contributed by atoms with Crippen molar-refractivity contribution in [3.8, 4) is 45.3 Å². The molecule has 0 fully saturated rings. The van der Waals surface area contributed by atoms with Crippen molar-refractivity contribution < 1.29 is 4.42 Å². The summed E-state index contributed by atoms with van der Waals surface area (Å²) in [4.78, 5) is 15.3. The highest BCUT2D eigenvalue weighted by molar-refractivity contribution is 6.21. The first-order valence-electron chi connectivity index (χ1n) is 17.8. The van der Waals surface area contributed by atoms with Gasteiger partial charge in [0.25, 0.3) is 0 Å². The number of benzene rings is 8. The summed E-state index contributed by atoms with van der Waals surface area (Å²) in [5.41, 5.74) is 9.86. The molecule has 52 heavy (non-hydrogen) atoms. The Balaban J connectivity index is 1.12. The van der Waals surface area contributed by atoms with E-state index in [2.05, 4.69) is 105 Å². The number of hydrogen-bond acceptors (Lipinski definition) is 4. The van der Waals surface area contributed by atoms with Gasteiger partial charge >= 0.3 is 0 Å². The van der Waals surface area contributed by atoms with E-state index in [9.17, 15) is 0 Å². The van der Waals surface area contributed by atoms with E-state index in [-0.39, 0.29) is 5.41 Å². The molecule has 4 nitrogen and oxygen atoms in total. The SMILES string of the molecule is CC1(C)c2ccccc2-c2cc3c(ccc4ccc5cc(-c6nc(-c7ccccc7)nc(-c7cccc8oc9ccccc9c78)n6)ccc5c43)cc21. The summed E-state index contributed by atoms with van der Waals surface area (Å²) in [5, 5.41) is 9.44. The first-order valence-corrected chi connectivity index (χ1v) is 17.8. The van der Waals surface area contributed by atoms with Crippen molar-refractivity contribution in [3.63, 3.8) is 0 Å². The van der Waals surface area contributed by atoms with Gasteiger partial charge in [0.2, 0.25) is 0 Å². The van der Waals surface area contributed by atoms with Crippen molar-refractivity contribution in [2.24, 2.45) is 0 Å². The Labute approximate surface area is 300 Å². The van der Waals surface area contributed by atoms with Crippen molar-refractivity contribution in [2.75, 3.05) is 0 Å². The van der Waals surface area contributed by atoms with Crippen molar-refractivity contribution in [1.29, 1.82) is 0 Å². The quantitative estimate of drug-likeness (QED) is 0.176. The third-order valence-electron chi connectivity index (χ3n) is 11.1. The Morgan fingerprint density at radius 2 is 1.08 bits per heavy atom. The van der Waals surface area contributed by atoms with Gasteiger partial charge in [-0.2, -0.15) is 0 Å². The second-order valence-electron chi connectivity index (χ2n) is 14.4. The van der Waals surface area contributed by atoms with E-state index < -0.39 is 0 Å². The highest BCUT2D eigenvalue weighted by Gasteiger charge is 2.35. The predicted octanol–water partition coefficient (Wildman–Crippen LogP) is 12.5. The van der Waals surface area contributed by atoms with Crippen LogP contribution in [0.3, 0.4) is 0 Å². The molecular formula is C48H31N3O. The van der Waals surface area contributed by atoms with Crippen LogP contribution in [0.4, 0.5) is 0 Å². The smallest absolute Gasteiger partial charge is 0.164 e. The molecule has 4 heteroatoms. The van der Waals surface area contributed by atoms with Gasteiger partial charge in [-0.05, 0) is 84.9 Å². The Kier molecular flexibility index (Phi) is 5.98. The summed E-state index contributed by atoms with van der Waals surface area (Å²) in [6.45, 7) is 4.68. The number of hydrogen-bond donors (Lipinski definition) is 0. The second kappa shape index (κ2) is 10.7. The fourth-order valence-corrected chi connectivity index (χ4v) is 8.53. The topological polar surface area (TPSA) is 51.8 Å². The van der Waals surface area contributed by atoms with Gasteiger partial charge in [-0.15, -0.1) is 0 Å². The number of furan rings is 1. The standard InChI is InChI=1S/C48H31N3O/c1-48(2)39-16-8-6-13-34(39)38-27-37-31(26-40(38)48)22-20-28-19-21-30-25-32(23-24-33(30)43(28)37)46-49-45(29-11-4-3-5-12-29)50-47(51-46)36-15-10-18-42-44(36)35-14-7-9-17-41(35)52-42/h3-27H,1-2H3. The molecule has 0 unspecified atom stereocenters. The molecule has 10 aromatic rings. The van der Waals surface area contributed by atoms with Crippen LogP contribution in [0.25, 0.3) is 99.5 Å².